The Morgan fingerprint density at radius 3 is 2.47 bits per heavy atom. The van der Waals surface area contributed by atoms with Gasteiger partial charge in [-0.3, -0.25) is 9.80 Å². The standard InChI is InChI=1S/C25H31BrN4O2/c1-17(2)16-32-25(31)29-13-19-11-28(12-20(19)14-29)15-22-24(18-6-8-21(26)9-7-18)27-23-5-3-4-10-30(22)23/h3-10,17,19-20,25,31H,11-16H2,1-2H3. The van der Waals surface area contributed by atoms with E-state index in [1.807, 2.05) is 6.07 Å². The van der Waals surface area contributed by atoms with Gasteiger partial charge in [0, 0.05) is 49.0 Å². The van der Waals surface area contributed by atoms with Crippen LogP contribution in [0, 0.1) is 17.8 Å². The van der Waals surface area contributed by atoms with Crippen molar-refractivity contribution in [2.75, 3.05) is 32.8 Å². The predicted octanol–water partition coefficient (Wildman–Crippen LogP) is 4.08. The van der Waals surface area contributed by atoms with Crippen molar-refractivity contribution in [3.8, 4) is 11.3 Å². The Bertz CT molecular complexity index is 1050. The number of pyridine rings is 1. The number of aliphatic hydroxyl groups is 1. The molecule has 0 spiro atoms. The highest BCUT2D eigenvalue weighted by atomic mass is 79.9. The number of nitrogens with zero attached hydrogens (tertiary/aromatic N) is 4. The largest absolute Gasteiger partial charge is 0.356 e. The lowest BCUT2D eigenvalue weighted by molar-refractivity contribution is -0.193. The molecule has 2 aliphatic heterocycles. The molecule has 6 nitrogen and oxygen atoms in total. The molecule has 1 aromatic carbocycles. The molecule has 2 aliphatic rings. The van der Waals surface area contributed by atoms with Crippen molar-refractivity contribution in [3.05, 3.63) is 58.8 Å². The van der Waals surface area contributed by atoms with E-state index in [1.54, 1.807) is 0 Å². The number of likely N-dealkylation sites (tertiary alicyclic amines) is 2. The minimum atomic E-state index is -0.778. The molecule has 0 bridgehead atoms. The molecule has 3 atom stereocenters. The number of imidazole rings is 1. The summed E-state index contributed by atoms with van der Waals surface area (Å²) in [7, 11) is 0. The van der Waals surface area contributed by atoms with Crippen LogP contribution in [0.15, 0.2) is 53.1 Å². The molecule has 4 heterocycles. The Kier molecular flexibility index (Phi) is 6.36. The number of fused-ring (bicyclic) bond motifs is 2. The number of aromatic nitrogens is 2. The first-order valence-electron chi connectivity index (χ1n) is 11.5. The molecule has 0 amide bonds. The zero-order valence-electron chi connectivity index (χ0n) is 18.7. The van der Waals surface area contributed by atoms with Gasteiger partial charge >= 0.3 is 0 Å². The third kappa shape index (κ3) is 4.50. The number of benzene rings is 1. The van der Waals surface area contributed by atoms with Crippen molar-refractivity contribution in [2.24, 2.45) is 17.8 Å². The van der Waals surface area contributed by atoms with Gasteiger partial charge in [-0.05, 0) is 42.0 Å². The van der Waals surface area contributed by atoms with Gasteiger partial charge in [0.15, 0.2) is 0 Å². The predicted molar refractivity (Wildman–Crippen MR) is 129 cm³/mol. The third-order valence-electron chi connectivity index (χ3n) is 6.60. The number of hydrogen-bond donors (Lipinski definition) is 1. The lowest BCUT2D eigenvalue weighted by atomic mass is 10.0. The zero-order valence-corrected chi connectivity index (χ0v) is 20.3. The maximum absolute atomic E-state index is 10.4. The Hall–Kier alpha value is -1.77. The fraction of sp³-hybridized carbons (Fsp3) is 0.480. The average molecular weight is 499 g/mol. The normalized spacial score (nSPS) is 22.8. The smallest absolute Gasteiger partial charge is 0.216 e. The number of rotatable bonds is 7. The van der Waals surface area contributed by atoms with Crippen LogP contribution in [-0.4, -0.2) is 63.5 Å². The summed E-state index contributed by atoms with van der Waals surface area (Å²) in [6.45, 7) is 9.54. The number of hydrogen-bond acceptors (Lipinski definition) is 5. The quantitative estimate of drug-likeness (QED) is 0.497. The van der Waals surface area contributed by atoms with Gasteiger partial charge in [-0.15, -0.1) is 0 Å². The first-order chi connectivity index (χ1) is 15.5. The highest BCUT2D eigenvalue weighted by Crippen LogP contribution is 2.34. The Labute approximate surface area is 197 Å². The van der Waals surface area contributed by atoms with Crippen molar-refractivity contribution in [1.29, 1.82) is 0 Å². The van der Waals surface area contributed by atoms with E-state index in [-0.39, 0.29) is 0 Å². The fourth-order valence-corrected chi connectivity index (χ4v) is 5.33. The second-order valence-electron chi connectivity index (χ2n) is 9.56. The van der Waals surface area contributed by atoms with Gasteiger partial charge in [0.2, 0.25) is 6.41 Å². The number of ether oxygens (including phenoxy) is 1. The van der Waals surface area contributed by atoms with E-state index in [1.165, 1.54) is 5.69 Å². The summed E-state index contributed by atoms with van der Waals surface area (Å²) in [6.07, 6.45) is 1.33. The van der Waals surface area contributed by atoms with Crippen LogP contribution in [0.1, 0.15) is 19.5 Å². The van der Waals surface area contributed by atoms with Gasteiger partial charge in [0.1, 0.15) is 5.65 Å². The summed E-state index contributed by atoms with van der Waals surface area (Å²) in [6, 6.07) is 14.6. The second-order valence-corrected chi connectivity index (χ2v) is 10.5. The van der Waals surface area contributed by atoms with Gasteiger partial charge in [-0.25, -0.2) is 4.98 Å². The fourth-order valence-electron chi connectivity index (χ4n) is 5.07. The molecule has 2 saturated heterocycles. The van der Waals surface area contributed by atoms with E-state index in [0.717, 1.165) is 54.1 Å². The molecule has 0 radical (unpaired) electrons. The van der Waals surface area contributed by atoms with Crippen molar-refractivity contribution < 1.29 is 9.84 Å². The van der Waals surface area contributed by atoms with E-state index < -0.39 is 6.41 Å². The molecule has 3 unspecified atom stereocenters. The maximum atomic E-state index is 10.4. The molecular formula is C25H31BrN4O2. The van der Waals surface area contributed by atoms with E-state index in [0.29, 0.717) is 24.4 Å². The van der Waals surface area contributed by atoms with Crippen LogP contribution >= 0.6 is 15.9 Å². The SMILES string of the molecule is CC(C)COC(O)N1CC2CN(Cc3c(-c4ccc(Br)cc4)nc4ccccn34)CC2C1. The first kappa shape index (κ1) is 22.0. The topological polar surface area (TPSA) is 53.2 Å². The zero-order chi connectivity index (χ0) is 22.2. The molecular weight excluding hydrogens is 468 g/mol. The Morgan fingerprint density at radius 2 is 1.78 bits per heavy atom. The molecule has 2 fully saturated rings. The molecule has 7 heteroatoms. The molecule has 0 saturated carbocycles. The number of aliphatic hydroxyl groups excluding tert-OH is 1. The van der Waals surface area contributed by atoms with E-state index in [9.17, 15) is 5.11 Å². The lowest BCUT2D eigenvalue weighted by Gasteiger charge is -2.26. The van der Waals surface area contributed by atoms with Crippen LogP contribution in [0.5, 0.6) is 0 Å². The summed E-state index contributed by atoms with van der Waals surface area (Å²) in [5, 5.41) is 10.4. The molecule has 3 aromatic rings. The molecule has 5 rings (SSSR count). The summed E-state index contributed by atoms with van der Waals surface area (Å²) < 4.78 is 8.93. The Morgan fingerprint density at radius 1 is 1.06 bits per heavy atom. The highest BCUT2D eigenvalue weighted by molar-refractivity contribution is 9.10. The van der Waals surface area contributed by atoms with Crippen LogP contribution in [0.2, 0.25) is 0 Å². The van der Waals surface area contributed by atoms with E-state index in [4.69, 9.17) is 9.72 Å². The van der Waals surface area contributed by atoms with Gasteiger partial charge < -0.3 is 14.2 Å². The van der Waals surface area contributed by atoms with Crippen LogP contribution in [-0.2, 0) is 11.3 Å². The van der Waals surface area contributed by atoms with Gasteiger partial charge in [0.25, 0.3) is 0 Å². The number of halogens is 1. The average Bonchev–Trinajstić information content (AvgIpc) is 3.45. The lowest BCUT2D eigenvalue weighted by Crippen LogP contribution is -2.38. The summed E-state index contributed by atoms with van der Waals surface area (Å²) in [5.41, 5.74) is 4.42. The third-order valence-corrected chi connectivity index (χ3v) is 7.13. The molecule has 1 N–H and O–H groups in total. The summed E-state index contributed by atoms with van der Waals surface area (Å²) in [5.74, 6) is 1.57. The van der Waals surface area contributed by atoms with Crippen LogP contribution in [0.25, 0.3) is 16.9 Å². The molecule has 2 aromatic heterocycles. The highest BCUT2D eigenvalue weighted by Gasteiger charge is 2.42. The first-order valence-corrected chi connectivity index (χ1v) is 12.2. The summed E-state index contributed by atoms with van der Waals surface area (Å²) >= 11 is 3.54. The van der Waals surface area contributed by atoms with Gasteiger partial charge in [0.05, 0.1) is 18.0 Å². The van der Waals surface area contributed by atoms with E-state index >= 15 is 0 Å². The second kappa shape index (κ2) is 9.23. The van der Waals surface area contributed by atoms with Crippen LogP contribution < -0.4 is 0 Å². The minimum Gasteiger partial charge on any atom is -0.356 e. The monoisotopic (exact) mass is 498 g/mol. The van der Waals surface area contributed by atoms with Crippen molar-refractivity contribution in [2.45, 2.75) is 26.8 Å². The van der Waals surface area contributed by atoms with Gasteiger partial charge in [-0.2, -0.15) is 0 Å². The van der Waals surface area contributed by atoms with Gasteiger partial charge in [-0.1, -0.05) is 48.0 Å². The molecule has 32 heavy (non-hydrogen) atoms. The van der Waals surface area contributed by atoms with Crippen molar-refractivity contribution >= 4 is 21.6 Å². The molecule has 170 valence electrons. The Balaban J connectivity index is 1.30. The van der Waals surface area contributed by atoms with E-state index in [2.05, 4.69) is 86.6 Å². The van der Waals surface area contributed by atoms with Crippen LogP contribution in [0.4, 0.5) is 0 Å². The molecule has 0 aliphatic carbocycles. The summed E-state index contributed by atoms with van der Waals surface area (Å²) in [4.78, 5) is 9.60. The van der Waals surface area contributed by atoms with Crippen molar-refractivity contribution in [1.82, 2.24) is 19.2 Å². The van der Waals surface area contributed by atoms with Crippen molar-refractivity contribution in [3.63, 3.8) is 0 Å². The van der Waals surface area contributed by atoms with Crippen LogP contribution in [0.3, 0.4) is 0 Å². The maximum Gasteiger partial charge on any atom is 0.216 e. The minimum absolute atomic E-state index is 0.424.